The van der Waals surface area contributed by atoms with Gasteiger partial charge in [0.15, 0.2) is 0 Å². The summed E-state index contributed by atoms with van der Waals surface area (Å²) in [5.41, 5.74) is 0. The average molecular weight is 309 g/mol. The Morgan fingerprint density at radius 3 is 2.81 bits per heavy atom. The Morgan fingerprint density at radius 1 is 1.38 bits per heavy atom. The predicted molar refractivity (Wildman–Crippen MR) is 78.8 cm³/mol. The monoisotopic (exact) mass is 309 g/mol. The lowest BCUT2D eigenvalue weighted by molar-refractivity contribution is -0.141. The van der Waals surface area contributed by atoms with Gasteiger partial charge in [0.05, 0.1) is 12.0 Å². The molecule has 3 rings (SSSR count). The average Bonchev–Trinajstić information content (AvgIpc) is 3.11. The van der Waals surface area contributed by atoms with Gasteiger partial charge in [-0.2, -0.15) is 0 Å². The number of carbonyl (C=O) groups is 2. The Labute approximate surface area is 127 Å². The van der Waals surface area contributed by atoms with Gasteiger partial charge in [0.25, 0.3) is 5.91 Å². The highest BCUT2D eigenvalue weighted by Gasteiger charge is 2.47. The smallest absolute Gasteiger partial charge is 0.326 e. The molecular formula is C15H19NO4S. The van der Waals surface area contributed by atoms with Crippen molar-refractivity contribution in [2.75, 3.05) is 7.11 Å². The van der Waals surface area contributed by atoms with Gasteiger partial charge in [-0.05, 0) is 25.2 Å². The highest BCUT2D eigenvalue weighted by Crippen LogP contribution is 2.41. The molecule has 0 unspecified atom stereocenters. The maximum absolute atomic E-state index is 12.8. The van der Waals surface area contributed by atoms with Gasteiger partial charge in [-0.1, -0.05) is 12.8 Å². The van der Waals surface area contributed by atoms with E-state index in [1.165, 1.54) is 11.3 Å². The Balaban J connectivity index is 1.88. The molecule has 0 aromatic carbocycles. The third kappa shape index (κ3) is 2.52. The standard InChI is InChI=1S/C15H19NO4S/c1-20-10-7-13(21-8-10)14(17)16-11-5-3-2-4-9(11)6-12(16)15(18)19/h7-9,11-12H,2-6H2,1H3,(H,18,19)/t9-,11-,12-/m0/s1. The van der Waals surface area contributed by atoms with Gasteiger partial charge in [0, 0.05) is 17.5 Å². The summed E-state index contributed by atoms with van der Waals surface area (Å²) >= 11 is 1.31. The molecule has 114 valence electrons. The van der Waals surface area contributed by atoms with Crippen LogP contribution in [0.5, 0.6) is 5.75 Å². The molecule has 1 saturated heterocycles. The van der Waals surface area contributed by atoms with E-state index >= 15 is 0 Å². The molecule has 6 heteroatoms. The van der Waals surface area contributed by atoms with Gasteiger partial charge >= 0.3 is 5.97 Å². The molecule has 1 aliphatic heterocycles. The summed E-state index contributed by atoms with van der Waals surface area (Å²) in [4.78, 5) is 26.5. The van der Waals surface area contributed by atoms with Crippen LogP contribution in [-0.4, -0.2) is 41.1 Å². The number of thiophene rings is 1. The molecule has 2 heterocycles. The second-order valence-electron chi connectivity index (χ2n) is 5.76. The first-order valence-electron chi connectivity index (χ1n) is 7.30. The van der Waals surface area contributed by atoms with Crippen LogP contribution in [0.1, 0.15) is 41.8 Å². The fourth-order valence-electron chi connectivity index (χ4n) is 3.64. The van der Waals surface area contributed by atoms with E-state index in [-0.39, 0.29) is 11.9 Å². The van der Waals surface area contributed by atoms with Crippen LogP contribution in [0.2, 0.25) is 0 Å². The van der Waals surface area contributed by atoms with Crippen molar-refractivity contribution in [1.82, 2.24) is 4.90 Å². The van der Waals surface area contributed by atoms with E-state index in [1.807, 2.05) is 0 Å². The van der Waals surface area contributed by atoms with Crippen LogP contribution in [0, 0.1) is 5.92 Å². The van der Waals surface area contributed by atoms with Crippen molar-refractivity contribution in [2.45, 2.75) is 44.2 Å². The van der Waals surface area contributed by atoms with Gasteiger partial charge in [0.1, 0.15) is 11.8 Å². The Kier molecular flexibility index (Phi) is 3.89. The Bertz CT molecular complexity index is 556. The third-order valence-electron chi connectivity index (χ3n) is 4.63. The molecule has 2 fully saturated rings. The molecule has 0 radical (unpaired) electrons. The zero-order valence-electron chi connectivity index (χ0n) is 11.9. The summed E-state index contributed by atoms with van der Waals surface area (Å²) in [5.74, 6) is -0.0633. The van der Waals surface area contributed by atoms with Gasteiger partial charge < -0.3 is 14.7 Å². The summed E-state index contributed by atoms with van der Waals surface area (Å²) in [6.07, 6.45) is 4.76. The molecule has 1 aromatic rings. The molecule has 1 aromatic heterocycles. The van der Waals surface area contributed by atoms with E-state index < -0.39 is 12.0 Å². The van der Waals surface area contributed by atoms with Gasteiger partial charge in [-0.3, -0.25) is 4.79 Å². The van der Waals surface area contributed by atoms with Crippen molar-refractivity contribution >= 4 is 23.2 Å². The van der Waals surface area contributed by atoms with Crippen LogP contribution >= 0.6 is 11.3 Å². The molecule has 0 bridgehead atoms. The van der Waals surface area contributed by atoms with E-state index in [9.17, 15) is 14.7 Å². The number of carbonyl (C=O) groups excluding carboxylic acids is 1. The first-order chi connectivity index (χ1) is 10.1. The zero-order valence-corrected chi connectivity index (χ0v) is 12.8. The number of carboxylic acids is 1. The predicted octanol–water partition coefficient (Wildman–Crippen LogP) is 2.61. The Morgan fingerprint density at radius 2 is 2.14 bits per heavy atom. The SMILES string of the molecule is COc1csc(C(=O)N2[C@H](C(=O)O)C[C@@H]3CCCC[C@@H]32)c1. The van der Waals surface area contributed by atoms with Crippen molar-refractivity contribution in [2.24, 2.45) is 5.92 Å². The molecule has 2 aliphatic rings. The first kappa shape index (κ1) is 14.4. The van der Waals surface area contributed by atoms with Crippen molar-refractivity contribution in [3.8, 4) is 5.75 Å². The van der Waals surface area contributed by atoms with Crippen molar-refractivity contribution < 1.29 is 19.4 Å². The van der Waals surface area contributed by atoms with Crippen LogP contribution in [0.15, 0.2) is 11.4 Å². The maximum atomic E-state index is 12.8. The van der Waals surface area contributed by atoms with Crippen molar-refractivity contribution in [1.29, 1.82) is 0 Å². The summed E-state index contributed by atoms with van der Waals surface area (Å²) in [7, 11) is 1.56. The van der Waals surface area contributed by atoms with E-state index in [1.54, 1.807) is 23.5 Å². The normalized spacial score (nSPS) is 28.2. The summed E-state index contributed by atoms with van der Waals surface area (Å²) in [6.45, 7) is 0. The molecule has 1 saturated carbocycles. The zero-order chi connectivity index (χ0) is 15.0. The number of amides is 1. The quantitative estimate of drug-likeness (QED) is 0.932. The van der Waals surface area contributed by atoms with E-state index in [4.69, 9.17) is 4.74 Å². The minimum atomic E-state index is -0.888. The number of hydrogen-bond donors (Lipinski definition) is 1. The second kappa shape index (κ2) is 5.67. The summed E-state index contributed by atoms with van der Waals surface area (Å²) < 4.78 is 5.11. The number of fused-ring (bicyclic) bond motifs is 1. The minimum absolute atomic E-state index is 0.0837. The van der Waals surface area contributed by atoms with E-state index in [0.717, 1.165) is 25.7 Å². The molecule has 5 nitrogen and oxygen atoms in total. The molecule has 0 spiro atoms. The molecule has 1 amide bonds. The molecule has 1 aliphatic carbocycles. The number of likely N-dealkylation sites (tertiary alicyclic amines) is 1. The number of aliphatic carboxylic acids is 1. The number of rotatable bonds is 3. The van der Waals surface area contributed by atoms with Crippen LogP contribution < -0.4 is 4.74 Å². The topological polar surface area (TPSA) is 66.8 Å². The van der Waals surface area contributed by atoms with Crippen LogP contribution in [0.4, 0.5) is 0 Å². The number of carboxylic acid groups (broad SMARTS) is 1. The van der Waals surface area contributed by atoms with Crippen LogP contribution in [0.25, 0.3) is 0 Å². The number of ether oxygens (including phenoxy) is 1. The molecule has 21 heavy (non-hydrogen) atoms. The number of nitrogens with zero attached hydrogens (tertiary/aromatic N) is 1. The summed E-state index contributed by atoms with van der Waals surface area (Å²) in [6, 6.07) is 1.10. The largest absolute Gasteiger partial charge is 0.496 e. The van der Waals surface area contributed by atoms with Crippen molar-refractivity contribution in [3.63, 3.8) is 0 Å². The molecular weight excluding hydrogens is 290 g/mol. The lowest BCUT2D eigenvalue weighted by Crippen LogP contribution is -2.46. The summed E-state index contributed by atoms with van der Waals surface area (Å²) in [5, 5.41) is 11.2. The fourth-order valence-corrected chi connectivity index (χ4v) is 4.44. The van der Waals surface area contributed by atoms with Gasteiger partial charge in [-0.15, -0.1) is 11.3 Å². The van der Waals surface area contributed by atoms with E-state index in [0.29, 0.717) is 23.0 Å². The van der Waals surface area contributed by atoms with Gasteiger partial charge in [0.2, 0.25) is 0 Å². The maximum Gasteiger partial charge on any atom is 0.326 e. The number of methoxy groups -OCH3 is 1. The first-order valence-corrected chi connectivity index (χ1v) is 8.17. The van der Waals surface area contributed by atoms with Crippen molar-refractivity contribution in [3.05, 3.63) is 16.3 Å². The van der Waals surface area contributed by atoms with Crippen LogP contribution in [-0.2, 0) is 4.79 Å². The Hall–Kier alpha value is -1.56. The molecule has 3 atom stereocenters. The van der Waals surface area contributed by atoms with Gasteiger partial charge in [-0.25, -0.2) is 4.79 Å². The fraction of sp³-hybridized carbons (Fsp3) is 0.600. The molecule has 1 N–H and O–H groups in total. The lowest BCUT2D eigenvalue weighted by atomic mass is 9.85. The lowest BCUT2D eigenvalue weighted by Gasteiger charge is -2.32. The van der Waals surface area contributed by atoms with E-state index in [2.05, 4.69) is 0 Å². The highest BCUT2D eigenvalue weighted by atomic mass is 32.1. The second-order valence-corrected chi connectivity index (χ2v) is 6.68. The third-order valence-corrected chi connectivity index (χ3v) is 5.53. The number of hydrogen-bond acceptors (Lipinski definition) is 4. The minimum Gasteiger partial charge on any atom is -0.496 e. The van der Waals surface area contributed by atoms with Crippen LogP contribution in [0.3, 0.4) is 0 Å². The highest BCUT2D eigenvalue weighted by molar-refractivity contribution is 7.12.